The van der Waals surface area contributed by atoms with E-state index in [1.165, 1.54) is 0 Å². The zero-order valence-corrected chi connectivity index (χ0v) is 16.9. The molecule has 0 bridgehead atoms. The number of aromatic nitrogens is 2. The molecule has 0 radical (unpaired) electrons. The van der Waals surface area contributed by atoms with Crippen LogP contribution >= 0.6 is 22.7 Å². The highest BCUT2D eigenvalue weighted by Crippen LogP contribution is 2.31. The van der Waals surface area contributed by atoms with E-state index in [1.54, 1.807) is 45.8 Å². The maximum atomic E-state index is 12.9. The summed E-state index contributed by atoms with van der Waals surface area (Å²) in [6.07, 6.45) is 0. The van der Waals surface area contributed by atoms with Gasteiger partial charge in [-0.1, -0.05) is 35.6 Å². The van der Waals surface area contributed by atoms with Crippen LogP contribution in [0.1, 0.15) is 10.4 Å². The molecular weight excluding hydrogens is 408 g/mol. The molecule has 4 aromatic rings. The number of hydrogen-bond donors (Lipinski definition) is 0. The molecule has 4 heterocycles. The van der Waals surface area contributed by atoms with Crippen LogP contribution in [0.4, 0.5) is 5.13 Å². The predicted molar refractivity (Wildman–Crippen MR) is 114 cm³/mol. The van der Waals surface area contributed by atoms with Crippen molar-refractivity contribution in [2.45, 2.75) is 0 Å². The summed E-state index contributed by atoms with van der Waals surface area (Å²) >= 11 is 3.19. The first-order valence-electron chi connectivity index (χ1n) is 9.13. The fraction of sp³-hybridized carbons (Fsp3) is 0.200. The molecule has 0 N–H and O–H groups in total. The van der Waals surface area contributed by atoms with E-state index in [9.17, 15) is 9.59 Å². The summed E-state index contributed by atoms with van der Waals surface area (Å²) in [4.78, 5) is 30.1. The lowest BCUT2D eigenvalue weighted by molar-refractivity contribution is 0.0742. The monoisotopic (exact) mass is 424 g/mol. The van der Waals surface area contributed by atoms with Crippen molar-refractivity contribution in [3.8, 4) is 9.88 Å². The van der Waals surface area contributed by atoms with Crippen molar-refractivity contribution >= 4 is 44.7 Å². The molecule has 0 unspecified atom stereocenters. The average molecular weight is 425 g/mol. The minimum atomic E-state index is -0.596. The molecule has 1 saturated heterocycles. The van der Waals surface area contributed by atoms with Crippen LogP contribution in [0.3, 0.4) is 0 Å². The van der Waals surface area contributed by atoms with Gasteiger partial charge in [0.25, 0.3) is 5.91 Å². The van der Waals surface area contributed by atoms with E-state index in [2.05, 4.69) is 15.1 Å². The number of rotatable bonds is 3. The maximum Gasteiger partial charge on any atom is 0.349 e. The van der Waals surface area contributed by atoms with Gasteiger partial charge in [-0.3, -0.25) is 4.79 Å². The lowest BCUT2D eigenvalue weighted by Crippen LogP contribution is -2.49. The third kappa shape index (κ3) is 3.43. The third-order valence-electron chi connectivity index (χ3n) is 4.86. The third-order valence-corrected chi connectivity index (χ3v) is 6.88. The van der Waals surface area contributed by atoms with Crippen molar-refractivity contribution < 1.29 is 9.21 Å². The van der Waals surface area contributed by atoms with Gasteiger partial charge in [-0.15, -0.1) is 21.5 Å². The Balaban J connectivity index is 1.30. The Kier molecular flexibility index (Phi) is 4.61. The number of benzene rings is 1. The molecule has 1 fully saturated rings. The van der Waals surface area contributed by atoms with E-state index in [4.69, 9.17) is 4.42 Å². The molecule has 0 saturated carbocycles. The molecule has 3 aromatic heterocycles. The second-order valence-corrected chi connectivity index (χ2v) is 8.54. The Hall–Kier alpha value is -3.04. The molecule has 7 nitrogen and oxygen atoms in total. The van der Waals surface area contributed by atoms with Crippen molar-refractivity contribution in [3.05, 3.63) is 63.8 Å². The molecule has 146 valence electrons. The summed E-state index contributed by atoms with van der Waals surface area (Å²) in [7, 11) is 0. The van der Waals surface area contributed by atoms with Gasteiger partial charge >= 0.3 is 5.63 Å². The van der Waals surface area contributed by atoms with Crippen molar-refractivity contribution in [2.24, 2.45) is 0 Å². The van der Waals surface area contributed by atoms with Gasteiger partial charge in [-0.25, -0.2) is 4.79 Å². The van der Waals surface area contributed by atoms with Gasteiger partial charge in [0.15, 0.2) is 5.01 Å². The molecule has 29 heavy (non-hydrogen) atoms. The minimum Gasteiger partial charge on any atom is -0.422 e. The number of anilines is 1. The molecule has 1 aliphatic heterocycles. The highest BCUT2D eigenvalue weighted by molar-refractivity contribution is 7.22. The topological polar surface area (TPSA) is 79.5 Å². The molecule has 1 aromatic carbocycles. The van der Waals surface area contributed by atoms with Crippen LogP contribution < -0.4 is 10.5 Å². The molecule has 1 amide bonds. The number of carbonyl (C=O) groups is 1. The number of hydrogen-bond acceptors (Lipinski definition) is 8. The number of nitrogens with zero attached hydrogens (tertiary/aromatic N) is 4. The van der Waals surface area contributed by atoms with Gasteiger partial charge in [0.2, 0.25) is 5.13 Å². The lowest BCUT2D eigenvalue weighted by Gasteiger charge is -2.34. The number of piperazine rings is 1. The van der Waals surface area contributed by atoms with Crippen molar-refractivity contribution in [3.63, 3.8) is 0 Å². The zero-order valence-electron chi connectivity index (χ0n) is 15.3. The van der Waals surface area contributed by atoms with E-state index >= 15 is 0 Å². The van der Waals surface area contributed by atoms with Gasteiger partial charge in [-0.05, 0) is 23.6 Å². The van der Waals surface area contributed by atoms with E-state index < -0.39 is 5.63 Å². The molecular formula is C20H16N4O3S2. The molecule has 0 aliphatic carbocycles. The Morgan fingerprint density at radius 3 is 2.66 bits per heavy atom. The average Bonchev–Trinajstić information content (AvgIpc) is 3.45. The normalized spacial score (nSPS) is 14.5. The lowest BCUT2D eigenvalue weighted by atomic mass is 10.1. The van der Waals surface area contributed by atoms with E-state index in [-0.39, 0.29) is 11.5 Å². The summed E-state index contributed by atoms with van der Waals surface area (Å²) < 4.78 is 5.30. The number of thiophene rings is 1. The van der Waals surface area contributed by atoms with Gasteiger partial charge < -0.3 is 14.2 Å². The summed E-state index contributed by atoms with van der Waals surface area (Å²) in [6, 6.07) is 12.8. The Bertz CT molecular complexity index is 1220. The summed E-state index contributed by atoms with van der Waals surface area (Å²) in [5, 5.41) is 13.1. The highest BCUT2D eigenvalue weighted by atomic mass is 32.1. The molecule has 0 spiro atoms. The second kappa shape index (κ2) is 7.41. The van der Waals surface area contributed by atoms with Crippen LogP contribution in [0.2, 0.25) is 0 Å². The number of amides is 1. The zero-order chi connectivity index (χ0) is 19.8. The Labute approximate surface area is 173 Å². The summed E-state index contributed by atoms with van der Waals surface area (Å²) in [5.41, 5.74) is -0.0365. The van der Waals surface area contributed by atoms with Gasteiger partial charge in [-0.2, -0.15) is 0 Å². The highest BCUT2D eigenvalue weighted by Gasteiger charge is 2.26. The van der Waals surface area contributed by atoms with Gasteiger partial charge in [0, 0.05) is 31.6 Å². The van der Waals surface area contributed by atoms with Crippen LogP contribution in [0.25, 0.3) is 20.9 Å². The van der Waals surface area contributed by atoms with E-state index in [0.717, 1.165) is 20.4 Å². The SMILES string of the molecule is O=C(c1cc2ccccc2oc1=O)N1CCN(c2nnc(-c3cccs3)s2)CC1. The number of carbonyl (C=O) groups excluding carboxylic acids is 1. The fourth-order valence-electron chi connectivity index (χ4n) is 3.33. The molecule has 0 atom stereocenters. The quantitative estimate of drug-likeness (QED) is 0.470. The van der Waals surface area contributed by atoms with E-state index in [0.29, 0.717) is 31.8 Å². The van der Waals surface area contributed by atoms with Crippen molar-refractivity contribution in [1.29, 1.82) is 0 Å². The predicted octanol–water partition coefficient (Wildman–Crippen LogP) is 3.34. The van der Waals surface area contributed by atoms with Crippen molar-refractivity contribution in [1.82, 2.24) is 15.1 Å². The molecule has 5 rings (SSSR count). The maximum absolute atomic E-state index is 12.9. The smallest absolute Gasteiger partial charge is 0.349 e. The largest absolute Gasteiger partial charge is 0.422 e. The summed E-state index contributed by atoms with van der Waals surface area (Å²) in [6.45, 7) is 2.31. The van der Waals surface area contributed by atoms with Crippen LogP contribution in [0.15, 0.2) is 57.1 Å². The van der Waals surface area contributed by atoms with Gasteiger partial charge in [0.05, 0.1) is 4.88 Å². The van der Waals surface area contributed by atoms with E-state index in [1.807, 2.05) is 29.6 Å². The Morgan fingerprint density at radius 2 is 1.86 bits per heavy atom. The van der Waals surface area contributed by atoms with Crippen LogP contribution in [-0.4, -0.2) is 47.2 Å². The summed E-state index contributed by atoms with van der Waals surface area (Å²) in [5.74, 6) is -0.291. The number of para-hydroxylation sites is 1. The van der Waals surface area contributed by atoms with Crippen LogP contribution in [-0.2, 0) is 0 Å². The fourth-order valence-corrected chi connectivity index (χ4v) is 5.01. The Morgan fingerprint density at radius 1 is 1.03 bits per heavy atom. The standard InChI is InChI=1S/C20H16N4O3S2/c25-18(14-12-13-4-1-2-5-15(13)27-19(14)26)23-7-9-24(10-8-23)20-22-21-17(29-20)16-6-3-11-28-16/h1-6,11-12H,7-10H2. The first-order chi connectivity index (χ1) is 14.2. The van der Waals surface area contributed by atoms with Crippen molar-refractivity contribution in [2.75, 3.05) is 31.1 Å². The first-order valence-corrected chi connectivity index (χ1v) is 10.8. The van der Waals surface area contributed by atoms with Gasteiger partial charge in [0.1, 0.15) is 11.1 Å². The van der Waals surface area contributed by atoms with Crippen LogP contribution in [0, 0.1) is 0 Å². The first kappa shape index (κ1) is 18.0. The number of fused-ring (bicyclic) bond motifs is 1. The second-order valence-electron chi connectivity index (χ2n) is 6.63. The minimum absolute atomic E-state index is 0.0769. The van der Waals surface area contributed by atoms with Crippen LogP contribution in [0.5, 0.6) is 0 Å². The molecule has 9 heteroatoms. The molecule has 1 aliphatic rings.